The SMILES string of the molecule is CC(OC(=O)C(NC(=O)c1ccccc1Cl)C(C)C)C(=O)Nc1cc(Cl)c(Cl)cc1Cl. The average Bonchev–Trinajstić information content (AvgIpc) is 2.69. The maximum atomic E-state index is 12.7. The molecule has 2 aromatic carbocycles. The summed E-state index contributed by atoms with van der Waals surface area (Å²) >= 11 is 23.9. The van der Waals surface area contributed by atoms with Crippen LogP contribution in [0.4, 0.5) is 5.69 Å². The van der Waals surface area contributed by atoms with Gasteiger partial charge in [0.1, 0.15) is 6.04 Å². The molecular formula is C21H20Cl4N2O4. The van der Waals surface area contributed by atoms with Gasteiger partial charge in [0.05, 0.1) is 31.3 Å². The molecule has 166 valence electrons. The summed E-state index contributed by atoms with van der Waals surface area (Å²) in [6.45, 7) is 4.87. The standard InChI is InChI=1S/C21H20Cl4N2O4/c1-10(2)18(27-20(29)12-6-4-5-7-13(12)22)21(30)31-11(3)19(28)26-17-9-15(24)14(23)8-16(17)25/h4-11,18H,1-3H3,(H,26,28)(H,27,29). The van der Waals surface area contributed by atoms with Crippen LogP contribution in [0.1, 0.15) is 31.1 Å². The van der Waals surface area contributed by atoms with Gasteiger partial charge in [-0.25, -0.2) is 4.79 Å². The Kier molecular flexibility index (Phi) is 9.01. The molecule has 0 spiro atoms. The van der Waals surface area contributed by atoms with Gasteiger partial charge < -0.3 is 15.4 Å². The molecular weight excluding hydrogens is 486 g/mol. The summed E-state index contributed by atoms with van der Waals surface area (Å²) in [6.07, 6.45) is -1.17. The number of carbonyl (C=O) groups is 3. The van der Waals surface area contributed by atoms with E-state index in [0.29, 0.717) is 0 Å². The summed E-state index contributed by atoms with van der Waals surface area (Å²) in [5.41, 5.74) is 0.444. The van der Waals surface area contributed by atoms with E-state index < -0.39 is 29.9 Å². The molecule has 0 radical (unpaired) electrons. The fourth-order valence-electron chi connectivity index (χ4n) is 2.52. The molecule has 0 aliphatic heterocycles. The van der Waals surface area contributed by atoms with Crippen LogP contribution < -0.4 is 10.6 Å². The zero-order chi connectivity index (χ0) is 23.3. The molecule has 6 nitrogen and oxygen atoms in total. The van der Waals surface area contributed by atoms with Gasteiger partial charge in [-0.05, 0) is 37.1 Å². The van der Waals surface area contributed by atoms with Crippen molar-refractivity contribution in [1.29, 1.82) is 0 Å². The number of esters is 1. The molecule has 0 saturated heterocycles. The number of anilines is 1. The van der Waals surface area contributed by atoms with E-state index in [-0.39, 0.29) is 37.3 Å². The molecule has 2 amide bonds. The monoisotopic (exact) mass is 504 g/mol. The smallest absolute Gasteiger partial charge is 0.329 e. The Morgan fingerprint density at radius 3 is 2.10 bits per heavy atom. The lowest BCUT2D eigenvalue weighted by atomic mass is 10.0. The molecule has 0 bridgehead atoms. The quantitative estimate of drug-likeness (QED) is 0.377. The molecule has 0 aliphatic rings. The number of rotatable bonds is 7. The van der Waals surface area contributed by atoms with Gasteiger partial charge in [-0.3, -0.25) is 9.59 Å². The second-order valence-corrected chi connectivity index (χ2v) is 8.62. The molecule has 0 fully saturated rings. The van der Waals surface area contributed by atoms with E-state index in [1.165, 1.54) is 25.1 Å². The Bertz CT molecular complexity index is 997. The van der Waals surface area contributed by atoms with Crippen LogP contribution >= 0.6 is 46.4 Å². The second kappa shape index (κ2) is 11.0. The predicted octanol–water partition coefficient (Wildman–Crippen LogP) is 5.63. The van der Waals surface area contributed by atoms with E-state index in [0.717, 1.165) is 0 Å². The first-order chi connectivity index (χ1) is 14.5. The van der Waals surface area contributed by atoms with Crippen molar-refractivity contribution in [2.75, 3.05) is 5.32 Å². The highest BCUT2D eigenvalue weighted by Crippen LogP contribution is 2.32. The van der Waals surface area contributed by atoms with Crippen molar-refractivity contribution in [3.05, 3.63) is 62.1 Å². The summed E-state index contributed by atoms with van der Waals surface area (Å²) in [6, 6.07) is 8.23. The van der Waals surface area contributed by atoms with Gasteiger partial charge in [0.25, 0.3) is 11.8 Å². The maximum absolute atomic E-state index is 12.7. The number of benzene rings is 2. The highest BCUT2D eigenvalue weighted by molar-refractivity contribution is 6.44. The highest BCUT2D eigenvalue weighted by Gasteiger charge is 2.30. The predicted molar refractivity (Wildman–Crippen MR) is 123 cm³/mol. The number of carbonyl (C=O) groups excluding carboxylic acids is 3. The molecule has 2 unspecified atom stereocenters. The summed E-state index contributed by atoms with van der Waals surface area (Å²) < 4.78 is 5.27. The van der Waals surface area contributed by atoms with Gasteiger partial charge in [0, 0.05) is 0 Å². The van der Waals surface area contributed by atoms with Crippen LogP contribution in [0.5, 0.6) is 0 Å². The lowest BCUT2D eigenvalue weighted by Gasteiger charge is -2.23. The lowest BCUT2D eigenvalue weighted by Crippen LogP contribution is -2.47. The number of hydrogen-bond acceptors (Lipinski definition) is 4. The van der Waals surface area contributed by atoms with E-state index in [9.17, 15) is 14.4 Å². The lowest BCUT2D eigenvalue weighted by molar-refractivity contribution is -0.156. The Hall–Kier alpha value is -1.99. The van der Waals surface area contributed by atoms with Crippen LogP contribution in [-0.2, 0) is 14.3 Å². The van der Waals surface area contributed by atoms with Crippen LogP contribution in [0.25, 0.3) is 0 Å². The highest BCUT2D eigenvalue weighted by atomic mass is 35.5. The van der Waals surface area contributed by atoms with Crippen LogP contribution in [0, 0.1) is 5.92 Å². The Morgan fingerprint density at radius 2 is 1.48 bits per heavy atom. The fourth-order valence-corrected chi connectivity index (χ4v) is 3.33. The number of halogens is 4. The van der Waals surface area contributed by atoms with Crippen LogP contribution in [-0.4, -0.2) is 29.9 Å². The van der Waals surface area contributed by atoms with Gasteiger partial charge in [-0.1, -0.05) is 72.4 Å². The van der Waals surface area contributed by atoms with Gasteiger partial charge in [-0.2, -0.15) is 0 Å². The van der Waals surface area contributed by atoms with Crippen molar-refractivity contribution in [2.24, 2.45) is 5.92 Å². The summed E-state index contributed by atoms with van der Waals surface area (Å²) in [4.78, 5) is 37.6. The molecule has 31 heavy (non-hydrogen) atoms. The molecule has 0 heterocycles. The minimum atomic E-state index is -1.17. The average molecular weight is 506 g/mol. The van der Waals surface area contributed by atoms with E-state index in [2.05, 4.69) is 10.6 Å². The van der Waals surface area contributed by atoms with Gasteiger partial charge in [-0.15, -0.1) is 0 Å². The van der Waals surface area contributed by atoms with E-state index in [4.69, 9.17) is 51.1 Å². The number of amides is 2. The Morgan fingerprint density at radius 1 is 0.871 bits per heavy atom. The fraction of sp³-hybridized carbons (Fsp3) is 0.286. The Balaban J connectivity index is 2.06. The van der Waals surface area contributed by atoms with E-state index in [1.54, 1.807) is 32.0 Å². The molecule has 2 rings (SSSR count). The number of hydrogen-bond donors (Lipinski definition) is 2. The first kappa shape index (κ1) is 25.3. The van der Waals surface area contributed by atoms with Crippen LogP contribution in [0.15, 0.2) is 36.4 Å². The third-order valence-corrected chi connectivity index (χ3v) is 5.62. The molecule has 2 atom stereocenters. The van der Waals surface area contributed by atoms with E-state index in [1.807, 2.05) is 0 Å². The van der Waals surface area contributed by atoms with Crippen molar-refractivity contribution < 1.29 is 19.1 Å². The summed E-state index contributed by atoms with van der Waals surface area (Å²) in [7, 11) is 0. The molecule has 10 heteroatoms. The van der Waals surface area contributed by atoms with Crippen LogP contribution in [0.2, 0.25) is 20.1 Å². The zero-order valence-electron chi connectivity index (χ0n) is 16.8. The summed E-state index contributed by atoms with van der Waals surface area (Å²) in [5.74, 6) is -2.23. The topological polar surface area (TPSA) is 84.5 Å². The third-order valence-electron chi connectivity index (χ3n) is 4.26. The van der Waals surface area contributed by atoms with Crippen molar-refractivity contribution in [3.8, 4) is 0 Å². The summed E-state index contributed by atoms with van der Waals surface area (Å²) in [5, 5.41) is 6.00. The Labute approximate surface area is 200 Å². The molecule has 0 aromatic heterocycles. The first-order valence-electron chi connectivity index (χ1n) is 9.22. The van der Waals surface area contributed by atoms with Crippen molar-refractivity contribution in [2.45, 2.75) is 32.9 Å². The maximum Gasteiger partial charge on any atom is 0.329 e. The first-order valence-corrected chi connectivity index (χ1v) is 10.7. The van der Waals surface area contributed by atoms with Crippen molar-refractivity contribution in [1.82, 2.24) is 5.32 Å². The second-order valence-electron chi connectivity index (χ2n) is 6.99. The normalized spacial score (nSPS) is 12.8. The largest absolute Gasteiger partial charge is 0.451 e. The zero-order valence-corrected chi connectivity index (χ0v) is 19.9. The molecule has 2 aromatic rings. The molecule has 2 N–H and O–H groups in total. The molecule has 0 aliphatic carbocycles. The number of ether oxygens (including phenoxy) is 1. The van der Waals surface area contributed by atoms with Gasteiger partial charge in [0.2, 0.25) is 0 Å². The minimum absolute atomic E-state index is 0.174. The minimum Gasteiger partial charge on any atom is -0.451 e. The van der Waals surface area contributed by atoms with Crippen LogP contribution in [0.3, 0.4) is 0 Å². The van der Waals surface area contributed by atoms with Gasteiger partial charge in [0.15, 0.2) is 6.10 Å². The van der Waals surface area contributed by atoms with Crippen molar-refractivity contribution in [3.63, 3.8) is 0 Å². The van der Waals surface area contributed by atoms with Gasteiger partial charge >= 0.3 is 5.97 Å². The number of nitrogens with one attached hydrogen (secondary N) is 2. The third kappa shape index (κ3) is 6.74. The van der Waals surface area contributed by atoms with E-state index >= 15 is 0 Å². The molecule has 0 saturated carbocycles. The van der Waals surface area contributed by atoms with Crippen molar-refractivity contribution >= 4 is 69.9 Å².